The number of carbonyl (C=O) groups is 3. The van der Waals surface area contributed by atoms with Gasteiger partial charge in [0.05, 0.1) is 52.6 Å². The van der Waals surface area contributed by atoms with Crippen LogP contribution in [0.3, 0.4) is 0 Å². The van der Waals surface area contributed by atoms with E-state index >= 15 is 0 Å². The Morgan fingerprint density at radius 1 is 0.825 bits per heavy atom. The smallest absolute Gasteiger partial charge is 0.305 e. The molecule has 0 saturated heterocycles. The zero-order valence-electron chi connectivity index (χ0n) is 35.7. The first-order chi connectivity index (χ1) is 27.4. The number of hydrogen-bond donors (Lipinski definition) is 2. The van der Waals surface area contributed by atoms with Gasteiger partial charge in [0, 0.05) is 53.9 Å². The molecule has 2 aromatic rings. The summed E-state index contributed by atoms with van der Waals surface area (Å²) in [5.41, 5.74) is 12.3. The van der Waals surface area contributed by atoms with Crippen LogP contribution in [0.2, 0.25) is 0 Å². The fraction of sp³-hybridized carbons (Fsp3) is 0.553. The summed E-state index contributed by atoms with van der Waals surface area (Å²) >= 11 is 0. The Bertz CT molecular complexity index is 2150. The molecular formula is C47H63N5O5. The number of methoxy groups -OCH3 is 1. The van der Waals surface area contributed by atoms with E-state index in [0.717, 1.165) is 107 Å². The normalized spacial score (nSPS) is 17.8. The highest BCUT2D eigenvalue weighted by molar-refractivity contribution is 6.23. The van der Waals surface area contributed by atoms with Crippen molar-refractivity contribution < 1.29 is 23.9 Å². The quantitative estimate of drug-likeness (QED) is 0.0929. The Balaban J connectivity index is 1.62. The second-order valence-corrected chi connectivity index (χ2v) is 16.2. The Hall–Kier alpha value is -4.57. The van der Waals surface area contributed by atoms with E-state index in [2.05, 4.69) is 70.6 Å². The predicted molar refractivity (Wildman–Crippen MR) is 228 cm³/mol. The molecule has 0 aromatic carbocycles. The van der Waals surface area contributed by atoms with E-state index in [1.807, 2.05) is 13.0 Å². The van der Waals surface area contributed by atoms with Crippen molar-refractivity contribution in [3.63, 3.8) is 0 Å². The van der Waals surface area contributed by atoms with Crippen LogP contribution in [0.5, 0.6) is 0 Å². The van der Waals surface area contributed by atoms with E-state index in [9.17, 15) is 14.4 Å². The summed E-state index contributed by atoms with van der Waals surface area (Å²) in [7, 11) is 1.40. The van der Waals surface area contributed by atoms with Crippen molar-refractivity contribution in [3.05, 3.63) is 69.1 Å². The minimum Gasteiger partial charge on any atom is -0.469 e. The monoisotopic (exact) mass is 777 g/mol. The van der Waals surface area contributed by atoms with Crippen molar-refractivity contribution in [1.29, 1.82) is 0 Å². The largest absolute Gasteiger partial charge is 0.469 e. The van der Waals surface area contributed by atoms with Crippen molar-refractivity contribution in [3.8, 4) is 0 Å². The first kappa shape index (κ1) is 42.0. The van der Waals surface area contributed by atoms with E-state index in [-0.39, 0.29) is 42.1 Å². The van der Waals surface area contributed by atoms with Crippen LogP contribution < -0.4 is 0 Å². The molecule has 6 rings (SSSR count). The summed E-state index contributed by atoms with van der Waals surface area (Å²) in [5.74, 6) is -1.23. The second-order valence-electron chi connectivity index (χ2n) is 16.2. The zero-order chi connectivity index (χ0) is 41.0. The van der Waals surface area contributed by atoms with Crippen molar-refractivity contribution in [2.45, 2.75) is 150 Å². The molecule has 10 nitrogen and oxygen atoms in total. The number of hydrogen-bond acceptors (Lipinski definition) is 7. The van der Waals surface area contributed by atoms with Gasteiger partial charge in [-0.15, -0.1) is 0 Å². The SMILES string of the molecule is CCCCCCCOC(C)C1=C(C)c2cc3[nH]c(c4c5[nH]c(cc6nc(cc1n2)C(C)=C6CC)c(C)c5C(=O)N(CCCCCC)C4=O)[C@@H](CCC(=O)OC)[C@@H]3C. The van der Waals surface area contributed by atoms with Gasteiger partial charge in [-0.05, 0) is 93.9 Å². The molecule has 2 aromatic heterocycles. The van der Waals surface area contributed by atoms with Crippen LogP contribution >= 0.6 is 0 Å². The van der Waals surface area contributed by atoms with Crippen LogP contribution in [0.1, 0.15) is 198 Å². The number of unbranched alkanes of at least 4 members (excludes halogenated alkanes) is 7. The number of fused-ring (bicyclic) bond motifs is 8. The van der Waals surface area contributed by atoms with E-state index in [1.54, 1.807) is 0 Å². The van der Waals surface area contributed by atoms with Gasteiger partial charge in [0.15, 0.2) is 0 Å². The molecule has 0 fully saturated rings. The van der Waals surface area contributed by atoms with Gasteiger partial charge in [-0.3, -0.25) is 19.3 Å². The predicted octanol–water partition coefficient (Wildman–Crippen LogP) is 11.0. The first-order valence-electron chi connectivity index (χ1n) is 21.5. The van der Waals surface area contributed by atoms with Gasteiger partial charge >= 0.3 is 5.97 Å². The summed E-state index contributed by atoms with van der Waals surface area (Å²) in [6.45, 7) is 18.0. The topological polar surface area (TPSA) is 130 Å². The van der Waals surface area contributed by atoms with Crippen molar-refractivity contribution in [2.24, 2.45) is 0 Å². The van der Waals surface area contributed by atoms with Gasteiger partial charge in [-0.2, -0.15) is 0 Å². The molecule has 306 valence electrons. The molecular weight excluding hydrogens is 715 g/mol. The first-order valence-corrected chi connectivity index (χ1v) is 21.5. The summed E-state index contributed by atoms with van der Waals surface area (Å²) in [4.78, 5) is 61.0. The molecule has 8 bridgehead atoms. The number of nitrogens with zero attached hydrogens (tertiary/aromatic N) is 3. The van der Waals surface area contributed by atoms with E-state index in [4.69, 9.17) is 19.4 Å². The third kappa shape index (κ3) is 8.38. The van der Waals surface area contributed by atoms with Crippen LogP contribution in [-0.2, 0) is 14.3 Å². The van der Waals surface area contributed by atoms with Gasteiger partial charge in [0.25, 0.3) is 11.8 Å². The summed E-state index contributed by atoms with van der Waals surface area (Å²) in [5, 5.41) is 0. The van der Waals surface area contributed by atoms with Gasteiger partial charge in [0.1, 0.15) is 0 Å². The summed E-state index contributed by atoms with van der Waals surface area (Å²) in [6, 6.07) is 6.22. The van der Waals surface area contributed by atoms with Crippen molar-refractivity contribution in [2.75, 3.05) is 20.3 Å². The number of H-pyrrole nitrogens is 2. The van der Waals surface area contributed by atoms with Gasteiger partial charge in [0.2, 0.25) is 0 Å². The molecule has 2 amide bonds. The Kier molecular flexibility index (Phi) is 13.5. The number of esters is 1. The lowest BCUT2D eigenvalue weighted by molar-refractivity contribution is -0.140. The van der Waals surface area contributed by atoms with E-state index in [1.165, 1.54) is 31.3 Å². The standard InChI is InChI=1S/C47H63N5O5/c1-10-13-15-17-19-23-57-31(8)41-29(6)36-24-35-28(5)33(20-21-40(53)56-9)44(50-35)43-45-42(46(54)52(47(43)55)22-18-16-14-11-2)30(7)37(51-45)25-38-32(12-3)27(4)34(48-38)26-39(41)49-36/h24-26,28,31,33,50-51H,10-23H2,1-9H3/t28-,31?,33-/m0/s1. The maximum atomic E-state index is 14.8. The number of amides is 2. The molecule has 10 heteroatoms. The Morgan fingerprint density at radius 2 is 1.49 bits per heavy atom. The number of aromatic amines is 2. The highest BCUT2D eigenvalue weighted by Crippen LogP contribution is 2.45. The molecule has 0 radical (unpaired) electrons. The van der Waals surface area contributed by atoms with Crippen LogP contribution in [0.4, 0.5) is 0 Å². The number of imide groups is 1. The Morgan fingerprint density at radius 3 is 2.19 bits per heavy atom. The fourth-order valence-corrected chi connectivity index (χ4v) is 9.01. The van der Waals surface area contributed by atoms with Crippen LogP contribution in [0.15, 0.2) is 18.2 Å². The minimum atomic E-state index is -0.321. The molecule has 0 spiro atoms. The lowest BCUT2D eigenvalue weighted by atomic mass is 9.84. The number of nitrogens with one attached hydrogen (secondary N) is 2. The lowest BCUT2D eigenvalue weighted by Crippen LogP contribution is -2.41. The number of aryl methyl sites for hydroxylation is 1. The maximum Gasteiger partial charge on any atom is 0.305 e. The average molecular weight is 778 g/mol. The molecule has 1 unspecified atom stereocenters. The molecule has 0 saturated carbocycles. The highest BCUT2D eigenvalue weighted by Gasteiger charge is 2.40. The fourth-order valence-electron chi connectivity index (χ4n) is 9.01. The molecule has 2 N–H and O–H groups in total. The van der Waals surface area contributed by atoms with Crippen molar-refractivity contribution in [1.82, 2.24) is 24.8 Å². The molecule has 57 heavy (non-hydrogen) atoms. The third-order valence-corrected chi connectivity index (χ3v) is 12.5. The number of ether oxygens (including phenoxy) is 2. The van der Waals surface area contributed by atoms with Crippen LogP contribution in [-0.4, -0.2) is 69.0 Å². The van der Waals surface area contributed by atoms with Gasteiger partial charge in [-0.1, -0.05) is 72.6 Å². The number of allylic oxidation sites excluding steroid dienone is 3. The van der Waals surface area contributed by atoms with Gasteiger partial charge < -0.3 is 19.4 Å². The van der Waals surface area contributed by atoms with Crippen molar-refractivity contribution >= 4 is 51.1 Å². The maximum absolute atomic E-state index is 14.8. The van der Waals surface area contributed by atoms with E-state index < -0.39 is 0 Å². The molecule has 4 aliphatic heterocycles. The molecule has 6 heterocycles. The summed E-state index contributed by atoms with van der Waals surface area (Å²) < 4.78 is 11.6. The summed E-state index contributed by atoms with van der Waals surface area (Å²) in [6.07, 6.45) is 10.8. The highest BCUT2D eigenvalue weighted by atomic mass is 16.5. The van der Waals surface area contributed by atoms with Gasteiger partial charge in [-0.25, -0.2) is 9.97 Å². The molecule has 3 atom stereocenters. The number of carbonyl (C=O) groups excluding carboxylic acids is 3. The number of rotatable bonds is 17. The second kappa shape index (κ2) is 18.3. The van der Waals surface area contributed by atoms with Crippen LogP contribution in [0, 0.1) is 6.92 Å². The number of aromatic nitrogens is 4. The molecule has 4 aliphatic rings. The third-order valence-electron chi connectivity index (χ3n) is 12.5. The molecule has 0 aliphatic carbocycles. The van der Waals surface area contributed by atoms with E-state index in [0.29, 0.717) is 41.9 Å². The Labute approximate surface area is 338 Å². The average Bonchev–Trinajstić information content (AvgIpc) is 3.87. The van der Waals surface area contributed by atoms with Crippen LogP contribution in [0.25, 0.3) is 33.3 Å². The zero-order valence-corrected chi connectivity index (χ0v) is 35.7. The lowest BCUT2D eigenvalue weighted by Gasteiger charge is -2.27. The minimum absolute atomic E-state index is 0.0983.